The highest BCUT2D eigenvalue weighted by Crippen LogP contribution is 2.24. The van der Waals surface area contributed by atoms with Gasteiger partial charge in [0.1, 0.15) is 5.82 Å². The lowest BCUT2D eigenvalue weighted by molar-refractivity contribution is -0.00545. The van der Waals surface area contributed by atoms with Crippen molar-refractivity contribution in [2.45, 2.75) is 37.5 Å². The van der Waals surface area contributed by atoms with Crippen molar-refractivity contribution in [3.63, 3.8) is 0 Å². The van der Waals surface area contributed by atoms with Crippen molar-refractivity contribution < 1.29 is 18.8 Å². The molecule has 208 valence electrons. The SMILES string of the molecule is C[C@@H]1CN(c2cccc(-c3ccc4cnc(CNC(=O)c5cncc(S(=N)(=O)CCO)c5)cc4n3)n2)C[C@H](C)O1. The van der Waals surface area contributed by atoms with E-state index in [1.807, 2.05) is 36.4 Å². The molecule has 5 rings (SSSR count). The van der Waals surface area contributed by atoms with Crippen LogP contribution < -0.4 is 10.2 Å². The molecule has 1 saturated heterocycles. The van der Waals surface area contributed by atoms with Crippen molar-refractivity contribution >= 4 is 32.4 Å². The minimum absolute atomic E-state index is 0.102. The molecular formula is C28H31N7O4S. The summed E-state index contributed by atoms with van der Waals surface area (Å²) >= 11 is 0. The fraction of sp³-hybridized carbons (Fsp3) is 0.321. The van der Waals surface area contributed by atoms with E-state index in [0.29, 0.717) is 5.69 Å². The monoisotopic (exact) mass is 561 g/mol. The highest BCUT2D eigenvalue weighted by Gasteiger charge is 2.23. The summed E-state index contributed by atoms with van der Waals surface area (Å²) in [6.07, 6.45) is 4.59. The van der Waals surface area contributed by atoms with Gasteiger partial charge >= 0.3 is 0 Å². The van der Waals surface area contributed by atoms with E-state index in [1.165, 1.54) is 18.5 Å². The Hall–Kier alpha value is -4.00. The van der Waals surface area contributed by atoms with E-state index < -0.39 is 22.2 Å². The van der Waals surface area contributed by atoms with Gasteiger partial charge in [-0.3, -0.25) is 14.8 Å². The van der Waals surface area contributed by atoms with Gasteiger partial charge in [0.2, 0.25) is 0 Å². The summed E-state index contributed by atoms with van der Waals surface area (Å²) in [5.74, 6) is 0.224. The number of ether oxygens (including phenoxy) is 1. The second-order valence-corrected chi connectivity index (χ2v) is 12.0. The fourth-order valence-electron chi connectivity index (χ4n) is 4.65. The first-order valence-electron chi connectivity index (χ1n) is 13.0. The Morgan fingerprint density at radius 1 is 1.10 bits per heavy atom. The third kappa shape index (κ3) is 6.24. The van der Waals surface area contributed by atoms with E-state index in [1.54, 1.807) is 6.20 Å². The molecule has 0 bridgehead atoms. The number of aliphatic hydroxyl groups is 1. The largest absolute Gasteiger partial charge is 0.395 e. The van der Waals surface area contributed by atoms with Crippen LogP contribution in [0.1, 0.15) is 29.9 Å². The topological polar surface area (TPSA) is 154 Å². The van der Waals surface area contributed by atoms with Gasteiger partial charge in [-0.05, 0) is 50.2 Å². The number of nitrogens with one attached hydrogen (secondary N) is 2. The molecule has 1 fully saturated rings. The molecule has 1 amide bonds. The minimum atomic E-state index is -3.23. The molecule has 1 aliphatic heterocycles. The van der Waals surface area contributed by atoms with Crippen LogP contribution in [0.15, 0.2) is 66.0 Å². The van der Waals surface area contributed by atoms with E-state index in [2.05, 4.69) is 34.0 Å². The number of nitrogens with zero attached hydrogens (tertiary/aromatic N) is 5. The number of carbonyl (C=O) groups excluding carboxylic acids is 1. The number of morpholine rings is 1. The Labute approximate surface area is 232 Å². The molecular weight excluding hydrogens is 530 g/mol. The number of anilines is 1. The van der Waals surface area contributed by atoms with Crippen molar-refractivity contribution in [1.29, 1.82) is 4.78 Å². The van der Waals surface area contributed by atoms with E-state index in [9.17, 15) is 9.00 Å². The molecule has 3 atom stereocenters. The number of hydrogen-bond acceptors (Lipinski definition) is 10. The maximum Gasteiger partial charge on any atom is 0.253 e. The van der Waals surface area contributed by atoms with Crippen molar-refractivity contribution in [1.82, 2.24) is 25.3 Å². The molecule has 0 aromatic carbocycles. The summed E-state index contributed by atoms with van der Waals surface area (Å²) in [7, 11) is -3.23. The first kappa shape index (κ1) is 27.6. The lowest BCUT2D eigenvalue weighted by Crippen LogP contribution is -2.45. The van der Waals surface area contributed by atoms with Crippen LogP contribution in [0.25, 0.3) is 22.3 Å². The van der Waals surface area contributed by atoms with E-state index in [4.69, 9.17) is 24.6 Å². The van der Waals surface area contributed by atoms with Crippen LogP contribution in [0.3, 0.4) is 0 Å². The average molecular weight is 562 g/mol. The van der Waals surface area contributed by atoms with Gasteiger partial charge in [-0.25, -0.2) is 19.0 Å². The lowest BCUT2D eigenvalue weighted by atomic mass is 10.1. The number of hydrogen-bond donors (Lipinski definition) is 3. The quantitative estimate of drug-likeness (QED) is 0.294. The Balaban J connectivity index is 1.32. The molecule has 4 aromatic rings. The van der Waals surface area contributed by atoms with Crippen molar-refractivity contribution in [2.75, 3.05) is 30.3 Å². The third-order valence-electron chi connectivity index (χ3n) is 6.54. The highest BCUT2D eigenvalue weighted by molar-refractivity contribution is 7.92. The number of amides is 1. The van der Waals surface area contributed by atoms with Crippen LogP contribution in [-0.2, 0) is 21.0 Å². The van der Waals surface area contributed by atoms with Gasteiger partial charge in [0, 0.05) is 37.1 Å². The standard InChI is InChI=1S/C28H31N7O4S/c1-18-16-35(17-19(2)39-18)27-5-3-4-24(34-27)25-7-6-20-13-31-22(11-26(20)33-25)14-32-28(37)21-10-23(15-30-12-21)40(29,38)9-8-36/h3-7,10-13,15,18-19,29,36H,8-9,14,16-17H2,1-2H3,(H,32,37)/t18-,19+,40?. The predicted molar refractivity (Wildman–Crippen MR) is 151 cm³/mol. The smallest absolute Gasteiger partial charge is 0.253 e. The molecule has 12 heteroatoms. The number of rotatable bonds is 8. The van der Waals surface area contributed by atoms with Crippen molar-refractivity contribution in [3.05, 3.63) is 72.3 Å². The van der Waals surface area contributed by atoms with Crippen molar-refractivity contribution in [2.24, 2.45) is 0 Å². The molecule has 4 aromatic heterocycles. The number of fused-ring (bicyclic) bond motifs is 1. The van der Waals surface area contributed by atoms with Gasteiger partial charge < -0.3 is 20.1 Å². The van der Waals surface area contributed by atoms with Crippen molar-refractivity contribution in [3.8, 4) is 11.4 Å². The molecule has 1 aliphatic rings. The zero-order valence-electron chi connectivity index (χ0n) is 22.3. The number of pyridine rings is 4. The Kier molecular flexibility index (Phi) is 8.01. The molecule has 0 radical (unpaired) electrons. The average Bonchev–Trinajstić information content (AvgIpc) is 2.95. The van der Waals surface area contributed by atoms with Crippen LogP contribution in [0.5, 0.6) is 0 Å². The molecule has 5 heterocycles. The van der Waals surface area contributed by atoms with Crippen LogP contribution in [0, 0.1) is 4.78 Å². The van der Waals surface area contributed by atoms with E-state index in [0.717, 1.165) is 41.2 Å². The summed E-state index contributed by atoms with van der Waals surface area (Å²) in [6, 6.07) is 13.0. The van der Waals surface area contributed by atoms with Crippen LogP contribution >= 0.6 is 0 Å². The summed E-state index contributed by atoms with van der Waals surface area (Å²) in [5, 5.41) is 12.7. The summed E-state index contributed by atoms with van der Waals surface area (Å²) in [4.78, 5) is 33.2. The maximum atomic E-state index is 12.7. The highest BCUT2D eigenvalue weighted by atomic mass is 32.2. The molecule has 0 saturated carbocycles. The normalized spacial score (nSPS) is 18.8. The van der Waals surface area contributed by atoms with Crippen LogP contribution in [0.4, 0.5) is 5.82 Å². The molecule has 0 spiro atoms. The molecule has 11 nitrogen and oxygen atoms in total. The lowest BCUT2D eigenvalue weighted by Gasteiger charge is -2.36. The van der Waals surface area contributed by atoms with Gasteiger partial charge in [-0.1, -0.05) is 6.07 Å². The van der Waals surface area contributed by atoms with E-state index >= 15 is 0 Å². The fourth-order valence-corrected chi connectivity index (χ4v) is 5.69. The van der Waals surface area contributed by atoms with Gasteiger partial charge in [-0.15, -0.1) is 0 Å². The van der Waals surface area contributed by atoms with Gasteiger partial charge in [0.25, 0.3) is 5.91 Å². The summed E-state index contributed by atoms with van der Waals surface area (Å²) < 4.78 is 26.2. The predicted octanol–water partition coefficient (Wildman–Crippen LogP) is 3.03. The Morgan fingerprint density at radius 3 is 2.65 bits per heavy atom. The Morgan fingerprint density at radius 2 is 1.88 bits per heavy atom. The first-order chi connectivity index (χ1) is 19.2. The van der Waals surface area contributed by atoms with Gasteiger partial charge in [-0.2, -0.15) is 0 Å². The summed E-state index contributed by atoms with van der Waals surface area (Å²) in [6.45, 7) is 5.42. The van der Waals surface area contributed by atoms with Crippen LogP contribution in [0.2, 0.25) is 0 Å². The van der Waals surface area contributed by atoms with E-state index in [-0.39, 0.29) is 35.0 Å². The second kappa shape index (κ2) is 11.6. The van der Waals surface area contributed by atoms with Gasteiger partial charge in [0.15, 0.2) is 0 Å². The molecule has 1 unspecified atom stereocenters. The molecule has 40 heavy (non-hydrogen) atoms. The molecule has 3 N–H and O–H groups in total. The van der Waals surface area contributed by atoms with Crippen LogP contribution in [-0.4, -0.2) is 72.8 Å². The zero-order chi connectivity index (χ0) is 28.3. The second-order valence-electron chi connectivity index (χ2n) is 9.80. The number of aromatic nitrogens is 4. The molecule has 0 aliphatic carbocycles. The summed E-state index contributed by atoms with van der Waals surface area (Å²) in [5.41, 5.74) is 3.00. The zero-order valence-corrected chi connectivity index (χ0v) is 23.1. The number of aliphatic hydroxyl groups excluding tert-OH is 1. The minimum Gasteiger partial charge on any atom is -0.395 e. The Bertz CT molecular complexity index is 1640. The first-order valence-corrected chi connectivity index (χ1v) is 14.7. The maximum absolute atomic E-state index is 12.7. The third-order valence-corrected chi connectivity index (χ3v) is 8.28. The van der Waals surface area contributed by atoms with Gasteiger partial charge in [0.05, 0.1) is 73.9 Å². The number of carbonyl (C=O) groups is 1.